The van der Waals surface area contributed by atoms with Crippen molar-refractivity contribution in [2.45, 2.75) is 18.8 Å². The standard InChI is InChI=1S/C17H18N6O2S2/c1-27(24,25)22-8-6-11(7-9-22)15-19-20-17-23(15)21-16(26-17)14-10-12-4-2-3-5-13(12)18-14/h2-5,10-11,18H,6-9H2,1H3. The van der Waals surface area contributed by atoms with E-state index in [1.165, 1.54) is 21.9 Å². The Morgan fingerprint density at radius 1 is 1.19 bits per heavy atom. The summed E-state index contributed by atoms with van der Waals surface area (Å²) < 4.78 is 26.7. The Labute approximate surface area is 159 Å². The smallest absolute Gasteiger partial charge is 0.235 e. The van der Waals surface area contributed by atoms with Crippen LogP contribution in [0.1, 0.15) is 24.6 Å². The molecule has 0 unspecified atom stereocenters. The summed E-state index contributed by atoms with van der Waals surface area (Å²) in [5.41, 5.74) is 2.04. The first-order valence-electron chi connectivity index (χ1n) is 8.74. The van der Waals surface area contributed by atoms with Crippen molar-refractivity contribution < 1.29 is 8.42 Å². The minimum atomic E-state index is -3.13. The molecule has 5 rings (SSSR count). The number of nitrogens with one attached hydrogen (secondary N) is 1. The Bertz CT molecular complexity index is 1200. The molecule has 1 N–H and O–H groups in total. The molecule has 0 aliphatic carbocycles. The van der Waals surface area contributed by atoms with Crippen LogP contribution in [0.15, 0.2) is 30.3 Å². The SMILES string of the molecule is CS(=O)(=O)N1CCC(c2nnc3sc(-c4cc5ccccc5[nH]4)nn23)CC1. The highest BCUT2D eigenvalue weighted by Crippen LogP contribution is 2.32. The van der Waals surface area contributed by atoms with Crippen molar-refractivity contribution >= 4 is 37.2 Å². The third-order valence-corrected chi connectivity index (χ3v) is 7.30. The summed E-state index contributed by atoms with van der Waals surface area (Å²) >= 11 is 1.50. The fourth-order valence-corrected chi connectivity index (χ4v) is 5.32. The van der Waals surface area contributed by atoms with E-state index >= 15 is 0 Å². The highest BCUT2D eigenvalue weighted by atomic mass is 32.2. The molecule has 0 amide bonds. The molecule has 0 bridgehead atoms. The molecular weight excluding hydrogens is 384 g/mol. The van der Waals surface area contributed by atoms with Crippen LogP contribution in [-0.2, 0) is 10.0 Å². The first kappa shape index (κ1) is 16.8. The highest BCUT2D eigenvalue weighted by Gasteiger charge is 2.29. The van der Waals surface area contributed by atoms with E-state index < -0.39 is 10.0 Å². The van der Waals surface area contributed by atoms with E-state index in [0.717, 1.165) is 45.2 Å². The molecule has 1 saturated heterocycles. The van der Waals surface area contributed by atoms with Gasteiger partial charge in [-0.3, -0.25) is 0 Å². The van der Waals surface area contributed by atoms with E-state index in [1.54, 1.807) is 0 Å². The fraction of sp³-hybridized carbons (Fsp3) is 0.353. The van der Waals surface area contributed by atoms with Crippen LogP contribution in [0.2, 0.25) is 0 Å². The number of sulfonamides is 1. The highest BCUT2D eigenvalue weighted by molar-refractivity contribution is 7.88. The summed E-state index contributed by atoms with van der Waals surface area (Å²) in [4.78, 5) is 4.15. The van der Waals surface area contributed by atoms with Crippen LogP contribution in [0.4, 0.5) is 0 Å². The van der Waals surface area contributed by atoms with Gasteiger partial charge in [-0.05, 0) is 25.0 Å². The Hall–Kier alpha value is -2.30. The predicted molar refractivity (Wildman–Crippen MR) is 104 cm³/mol. The molecule has 1 aliphatic heterocycles. The molecule has 1 aliphatic rings. The third kappa shape index (κ3) is 2.93. The maximum absolute atomic E-state index is 11.7. The van der Waals surface area contributed by atoms with Crippen LogP contribution in [-0.4, -0.2) is 56.9 Å². The van der Waals surface area contributed by atoms with Gasteiger partial charge in [-0.25, -0.2) is 12.7 Å². The van der Waals surface area contributed by atoms with Crippen molar-refractivity contribution in [1.29, 1.82) is 0 Å². The second-order valence-electron chi connectivity index (χ2n) is 6.87. The monoisotopic (exact) mass is 402 g/mol. The van der Waals surface area contributed by atoms with E-state index in [2.05, 4.69) is 27.3 Å². The molecule has 10 heteroatoms. The summed E-state index contributed by atoms with van der Waals surface area (Å²) in [6.07, 6.45) is 2.72. The summed E-state index contributed by atoms with van der Waals surface area (Å²) in [5.74, 6) is 0.979. The van der Waals surface area contributed by atoms with Gasteiger partial charge in [-0.2, -0.15) is 9.61 Å². The minimum Gasteiger partial charge on any atom is -0.353 e. The first-order valence-corrected chi connectivity index (χ1v) is 11.4. The Morgan fingerprint density at radius 3 is 2.70 bits per heavy atom. The van der Waals surface area contributed by atoms with Gasteiger partial charge in [0.2, 0.25) is 15.0 Å². The van der Waals surface area contributed by atoms with Crippen molar-refractivity contribution in [3.8, 4) is 10.7 Å². The number of H-pyrrole nitrogens is 1. The summed E-state index contributed by atoms with van der Waals surface area (Å²) in [6, 6.07) is 10.2. The van der Waals surface area contributed by atoms with Crippen molar-refractivity contribution in [2.75, 3.05) is 19.3 Å². The molecule has 0 spiro atoms. The Morgan fingerprint density at radius 2 is 1.96 bits per heavy atom. The number of hydrogen-bond donors (Lipinski definition) is 1. The van der Waals surface area contributed by atoms with Crippen LogP contribution < -0.4 is 0 Å². The minimum absolute atomic E-state index is 0.163. The number of benzene rings is 1. The topological polar surface area (TPSA) is 96.2 Å². The van der Waals surface area contributed by atoms with Crippen LogP contribution in [0, 0.1) is 0 Å². The number of nitrogens with zero attached hydrogens (tertiary/aromatic N) is 5. The van der Waals surface area contributed by atoms with Crippen molar-refractivity contribution in [2.24, 2.45) is 0 Å². The number of para-hydroxylation sites is 1. The molecule has 8 nitrogen and oxygen atoms in total. The van der Waals surface area contributed by atoms with E-state index in [0.29, 0.717) is 13.1 Å². The predicted octanol–water partition coefficient (Wildman–Crippen LogP) is 2.47. The largest absolute Gasteiger partial charge is 0.353 e. The lowest BCUT2D eigenvalue weighted by Gasteiger charge is -2.28. The maximum atomic E-state index is 11.7. The molecule has 4 heterocycles. The van der Waals surface area contributed by atoms with Crippen LogP contribution >= 0.6 is 11.3 Å². The molecule has 0 saturated carbocycles. The van der Waals surface area contributed by atoms with E-state index in [4.69, 9.17) is 5.10 Å². The third-order valence-electron chi connectivity index (χ3n) is 5.06. The average molecular weight is 403 g/mol. The molecule has 0 radical (unpaired) electrons. The molecule has 1 aromatic carbocycles. The molecular formula is C17H18N6O2S2. The van der Waals surface area contributed by atoms with Gasteiger partial charge in [0.1, 0.15) is 0 Å². The van der Waals surface area contributed by atoms with Gasteiger partial charge in [0.05, 0.1) is 11.9 Å². The second kappa shape index (κ2) is 6.11. The van der Waals surface area contributed by atoms with Crippen LogP contribution in [0.3, 0.4) is 0 Å². The zero-order chi connectivity index (χ0) is 18.6. The lowest BCUT2D eigenvalue weighted by molar-refractivity contribution is 0.313. The van der Waals surface area contributed by atoms with Gasteiger partial charge in [-0.15, -0.1) is 10.2 Å². The zero-order valence-corrected chi connectivity index (χ0v) is 16.3. The van der Waals surface area contributed by atoms with Gasteiger partial charge in [0, 0.05) is 29.9 Å². The summed E-state index contributed by atoms with van der Waals surface area (Å²) in [6.45, 7) is 1.02. The number of fused-ring (bicyclic) bond motifs is 2. The van der Waals surface area contributed by atoms with Gasteiger partial charge in [0.25, 0.3) is 0 Å². The van der Waals surface area contributed by atoms with Gasteiger partial charge in [0.15, 0.2) is 10.8 Å². The average Bonchev–Trinajstić information content (AvgIpc) is 3.34. The quantitative estimate of drug-likeness (QED) is 0.568. The van der Waals surface area contributed by atoms with Crippen LogP contribution in [0.5, 0.6) is 0 Å². The number of aromatic amines is 1. The molecule has 4 aromatic rings. The first-order chi connectivity index (χ1) is 13.0. The molecule has 0 atom stereocenters. The van der Waals surface area contributed by atoms with Crippen molar-refractivity contribution in [3.63, 3.8) is 0 Å². The van der Waals surface area contributed by atoms with Crippen molar-refractivity contribution in [3.05, 3.63) is 36.2 Å². The molecule has 1 fully saturated rings. The number of piperidine rings is 1. The zero-order valence-electron chi connectivity index (χ0n) is 14.7. The number of hydrogen-bond acceptors (Lipinski definition) is 6. The van der Waals surface area contributed by atoms with E-state index in [1.807, 2.05) is 22.7 Å². The normalized spacial score (nSPS) is 17.2. The van der Waals surface area contributed by atoms with Gasteiger partial charge >= 0.3 is 0 Å². The second-order valence-corrected chi connectivity index (χ2v) is 9.80. The van der Waals surface area contributed by atoms with Crippen molar-refractivity contribution in [1.82, 2.24) is 29.1 Å². The Kier molecular flexibility index (Phi) is 3.81. The van der Waals surface area contributed by atoms with E-state index in [9.17, 15) is 8.42 Å². The lowest BCUT2D eigenvalue weighted by Crippen LogP contribution is -2.37. The van der Waals surface area contributed by atoms with Crippen LogP contribution in [0.25, 0.3) is 26.6 Å². The maximum Gasteiger partial charge on any atom is 0.235 e. The fourth-order valence-electron chi connectivity index (χ4n) is 3.63. The summed E-state index contributed by atoms with van der Waals surface area (Å²) in [5, 5.41) is 15.4. The Balaban J connectivity index is 1.45. The van der Waals surface area contributed by atoms with E-state index in [-0.39, 0.29) is 5.92 Å². The van der Waals surface area contributed by atoms with Gasteiger partial charge < -0.3 is 4.98 Å². The number of aromatic nitrogens is 5. The van der Waals surface area contributed by atoms with Gasteiger partial charge in [-0.1, -0.05) is 29.5 Å². The molecule has 140 valence electrons. The lowest BCUT2D eigenvalue weighted by atomic mass is 9.97. The molecule has 3 aromatic heterocycles. The number of rotatable bonds is 3. The molecule has 27 heavy (non-hydrogen) atoms. The summed E-state index contributed by atoms with van der Waals surface area (Å²) in [7, 11) is -3.13.